The Hall–Kier alpha value is -0.420. The van der Waals surface area contributed by atoms with Crippen LogP contribution in [0.4, 0.5) is 0 Å². The van der Waals surface area contributed by atoms with Gasteiger partial charge in [-0.05, 0) is 38.5 Å². The summed E-state index contributed by atoms with van der Waals surface area (Å²) in [7, 11) is 1.77. The molecule has 0 bridgehead atoms. The summed E-state index contributed by atoms with van der Waals surface area (Å²) in [6, 6.07) is 0. The molecule has 4 heteroatoms. The maximum Gasteiger partial charge on any atom is 0.168 e. The van der Waals surface area contributed by atoms with E-state index in [1.54, 1.807) is 7.11 Å². The third-order valence-electron chi connectivity index (χ3n) is 5.56. The molecule has 27 heavy (non-hydrogen) atoms. The van der Waals surface area contributed by atoms with Crippen LogP contribution in [0.15, 0.2) is 12.2 Å². The zero-order chi connectivity index (χ0) is 20.1. The highest BCUT2D eigenvalue weighted by molar-refractivity contribution is 4.92. The second-order valence-corrected chi connectivity index (χ2v) is 8.06. The lowest BCUT2D eigenvalue weighted by atomic mass is 9.83. The molecule has 1 spiro atoms. The molecule has 0 aromatic carbocycles. The quantitative estimate of drug-likeness (QED) is 0.352. The van der Waals surface area contributed by atoms with Crippen LogP contribution in [0, 0.1) is 5.92 Å². The molecular formula is C23H45NO3. The van der Waals surface area contributed by atoms with Gasteiger partial charge >= 0.3 is 0 Å². The van der Waals surface area contributed by atoms with E-state index in [0.717, 1.165) is 64.4 Å². The minimum Gasteiger partial charge on any atom is -0.385 e. The van der Waals surface area contributed by atoms with Crippen LogP contribution in [0.3, 0.4) is 0 Å². The molecule has 1 aliphatic heterocycles. The van der Waals surface area contributed by atoms with Gasteiger partial charge in [0.25, 0.3) is 0 Å². The topological polar surface area (TPSA) is 30.9 Å². The Morgan fingerprint density at radius 3 is 2.48 bits per heavy atom. The summed E-state index contributed by atoms with van der Waals surface area (Å²) >= 11 is 0. The molecule has 0 aromatic rings. The molecule has 4 nitrogen and oxygen atoms in total. The Bertz CT molecular complexity index is 391. The van der Waals surface area contributed by atoms with Crippen molar-refractivity contribution in [2.24, 2.45) is 5.92 Å². The zero-order valence-electron chi connectivity index (χ0n) is 18.7. The number of nitrogens with zero attached hydrogens (tertiary/aromatic N) is 1. The maximum atomic E-state index is 6.40. The van der Waals surface area contributed by atoms with Gasteiger partial charge < -0.3 is 14.2 Å². The third kappa shape index (κ3) is 9.08. The molecule has 1 unspecified atom stereocenters. The minimum absolute atomic E-state index is 0.248. The molecule has 160 valence electrons. The molecule has 0 aromatic heterocycles. The van der Waals surface area contributed by atoms with Gasteiger partial charge in [0.15, 0.2) is 5.79 Å². The van der Waals surface area contributed by atoms with Crippen LogP contribution in [0.1, 0.15) is 79.1 Å². The molecule has 1 saturated heterocycles. The standard InChI is InChI=1S/C21H39NO3.C2H6/c1-5-7-19-8-11-21(12-9-19)24-17-20(25-21)10-14-22(16-18(2)3)13-6-15-23-4;1-2/h19-20H,2,5-17H2,1,3-4H3;1-2H3. The summed E-state index contributed by atoms with van der Waals surface area (Å²) in [6.45, 7) is 17.1. The van der Waals surface area contributed by atoms with E-state index in [9.17, 15) is 0 Å². The fraction of sp³-hybridized carbons (Fsp3) is 0.913. The Morgan fingerprint density at radius 2 is 1.89 bits per heavy atom. The Morgan fingerprint density at radius 1 is 1.19 bits per heavy atom. The van der Waals surface area contributed by atoms with E-state index in [1.807, 2.05) is 13.8 Å². The molecule has 1 heterocycles. The van der Waals surface area contributed by atoms with Crippen LogP contribution >= 0.6 is 0 Å². The summed E-state index contributed by atoms with van der Waals surface area (Å²) < 4.78 is 17.7. The van der Waals surface area contributed by atoms with Crippen molar-refractivity contribution in [1.82, 2.24) is 4.90 Å². The van der Waals surface area contributed by atoms with Gasteiger partial charge in [0.2, 0.25) is 0 Å². The SMILES string of the molecule is C=C(C)CN(CCCOC)CCC1COC2(CCC(CCC)CC2)O1.CC. The summed E-state index contributed by atoms with van der Waals surface area (Å²) in [5.74, 6) is 0.623. The van der Waals surface area contributed by atoms with E-state index in [4.69, 9.17) is 14.2 Å². The number of hydrogen-bond donors (Lipinski definition) is 0. The van der Waals surface area contributed by atoms with Crippen LogP contribution in [-0.2, 0) is 14.2 Å². The van der Waals surface area contributed by atoms with Gasteiger partial charge in [-0.1, -0.05) is 45.8 Å². The van der Waals surface area contributed by atoms with Crippen molar-refractivity contribution < 1.29 is 14.2 Å². The molecular weight excluding hydrogens is 338 g/mol. The first kappa shape index (κ1) is 24.6. The lowest BCUT2D eigenvalue weighted by Crippen LogP contribution is -2.36. The van der Waals surface area contributed by atoms with Gasteiger partial charge in [-0.15, -0.1) is 0 Å². The molecule has 2 aliphatic rings. The van der Waals surface area contributed by atoms with E-state index in [-0.39, 0.29) is 11.9 Å². The summed E-state index contributed by atoms with van der Waals surface area (Å²) in [4.78, 5) is 2.47. The van der Waals surface area contributed by atoms with E-state index in [0.29, 0.717) is 0 Å². The van der Waals surface area contributed by atoms with Crippen LogP contribution in [0.25, 0.3) is 0 Å². The smallest absolute Gasteiger partial charge is 0.168 e. The van der Waals surface area contributed by atoms with Crippen molar-refractivity contribution in [3.63, 3.8) is 0 Å². The summed E-state index contributed by atoms with van der Waals surface area (Å²) in [5, 5.41) is 0. The van der Waals surface area contributed by atoms with Gasteiger partial charge in [-0.3, -0.25) is 4.90 Å². The van der Waals surface area contributed by atoms with Crippen LogP contribution in [0.2, 0.25) is 0 Å². The lowest BCUT2D eigenvalue weighted by molar-refractivity contribution is -0.193. The second kappa shape index (κ2) is 13.7. The summed E-state index contributed by atoms with van der Waals surface area (Å²) in [5.41, 5.74) is 1.21. The second-order valence-electron chi connectivity index (χ2n) is 8.06. The van der Waals surface area contributed by atoms with Crippen molar-refractivity contribution in [3.05, 3.63) is 12.2 Å². The van der Waals surface area contributed by atoms with Gasteiger partial charge in [0, 0.05) is 46.2 Å². The number of hydrogen-bond acceptors (Lipinski definition) is 4. The highest BCUT2D eigenvalue weighted by Crippen LogP contribution is 2.41. The molecule has 1 atom stereocenters. The van der Waals surface area contributed by atoms with Crippen LogP contribution in [0.5, 0.6) is 0 Å². The Labute approximate surface area is 168 Å². The van der Waals surface area contributed by atoms with Gasteiger partial charge in [0.1, 0.15) is 0 Å². The zero-order valence-corrected chi connectivity index (χ0v) is 18.7. The number of methoxy groups -OCH3 is 1. The maximum absolute atomic E-state index is 6.40. The number of ether oxygens (including phenoxy) is 3. The van der Waals surface area contributed by atoms with E-state index < -0.39 is 0 Å². The van der Waals surface area contributed by atoms with Gasteiger partial charge in [0.05, 0.1) is 12.7 Å². The van der Waals surface area contributed by atoms with Crippen molar-refractivity contribution in [2.75, 3.05) is 40.0 Å². The van der Waals surface area contributed by atoms with Gasteiger partial charge in [-0.2, -0.15) is 0 Å². The van der Waals surface area contributed by atoms with Crippen molar-refractivity contribution in [3.8, 4) is 0 Å². The van der Waals surface area contributed by atoms with E-state index >= 15 is 0 Å². The molecule has 0 N–H and O–H groups in total. The molecule has 1 saturated carbocycles. The largest absolute Gasteiger partial charge is 0.385 e. The average Bonchev–Trinajstić information content (AvgIpc) is 3.06. The van der Waals surface area contributed by atoms with Crippen LogP contribution in [-0.4, -0.2) is 56.7 Å². The molecule has 0 amide bonds. The van der Waals surface area contributed by atoms with Gasteiger partial charge in [-0.25, -0.2) is 0 Å². The molecule has 2 rings (SSSR count). The highest BCUT2D eigenvalue weighted by Gasteiger charge is 2.43. The van der Waals surface area contributed by atoms with Crippen molar-refractivity contribution in [1.29, 1.82) is 0 Å². The molecule has 2 fully saturated rings. The first-order chi connectivity index (χ1) is 13.1. The normalized spacial score (nSPS) is 27.6. The first-order valence-electron chi connectivity index (χ1n) is 11.2. The predicted octanol–water partition coefficient (Wildman–Crippen LogP) is 5.42. The fourth-order valence-electron chi connectivity index (χ4n) is 4.25. The highest BCUT2D eigenvalue weighted by atomic mass is 16.7. The van der Waals surface area contributed by atoms with Crippen molar-refractivity contribution in [2.45, 2.75) is 91.0 Å². The van der Waals surface area contributed by atoms with Crippen molar-refractivity contribution >= 4 is 0 Å². The minimum atomic E-state index is -0.260. The number of rotatable bonds is 11. The predicted molar refractivity (Wildman–Crippen MR) is 114 cm³/mol. The third-order valence-corrected chi connectivity index (χ3v) is 5.56. The lowest BCUT2D eigenvalue weighted by Gasteiger charge is -2.36. The summed E-state index contributed by atoms with van der Waals surface area (Å²) in [6.07, 6.45) is 9.70. The Balaban J connectivity index is 0.00000176. The van der Waals surface area contributed by atoms with E-state index in [1.165, 1.54) is 31.3 Å². The molecule has 1 aliphatic carbocycles. The molecule has 0 radical (unpaired) electrons. The van der Waals surface area contributed by atoms with Crippen LogP contribution < -0.4 is 0 Å². The monoisotopic (exact) mass is 383 g/mol. The average molecular weight is 384 g/mol. The van der Waals surface area contributed by atoms with E-state index in [2.05, 4.69) is 25.3 Å². The Kier molecular flexibility index (Phi) is 12.5. The first-order valence-corrected chi connectivity index (χ1v) is 11.2. The fourth-order valence-corrected chi connectivity index (χ4v) is 4.25.